The van der Waals surface area contributed by atoms with Crippen molar-refractivity contribution in [2.24, 2.45) is 0 Å². The summed E-state index contributed by atoms with van der Waals surface area (Å²) >= 11 is 0. The van der Waals surface area contributed by atoms with Crippen LogP contribution in [-0.2, 0) is 14.8 Å². The van der Waals surface area contributed by atoms with E-state index in [9.17, 15) is 23.1 Å². The lowest BCUT2D eigenvalue weighted by molar-refractivity contribution is -0.129. The number of carbonyl (C=O) groups is 2. The molecule has 1 aliphatic heterocycles. The number of aromatic carboxylic acids is 1. The van der Waals surface area contributed by atoms with Gasteiger partial charge in [0.05, 0.1) is 4.90 Å². The average Bonchev–Trinajstić information content (AvgIpc) is 3.28. The molecule has 0 aliphatic carbocycles. The molecular weight excluding hydrogens is 468 g/mol. The van der Waals surface area contributed by atoms with Crippen LogP contribution in [0.25, 0.3) is 11.1 Å². The van der Waals surface area contributed by atoms with Crippen LogP contribution in [-0.4, -0.2) is 58.4 Å². The first-order chi connectivity index (χ1) is 16.6. The molecule has 1 aliphatic rings. The Hall–Kier alpha value is -3.66. The molecule has 3 aromatic rings. The Labute approximate surface area is 204 Å². The van der Waals surface area contributed by atoms with Gasteiger partial charge < -0.3 is 15.3 Å². The first kappa shape index (κ1) is 24.5. The molecule has 4 rings (SSSR count). The number of rotatable bonds is 6. The van der Waals surface area contributed by atoms with Crippen LogP contribution >= 0.6 is 0 Å². The van der Waals surface area contributed by atoms with Crippen LogP contribution in [0.4, 0.5) is 5.82 Å². The Bertz CT molecular complexity index is 1370. The van der Waals surface area contributed by atoms with Crippen molar-refractivity contribution in [3.63, 3.8) is 0 Å². The first-order valence-corrected chi connectivity index (χ1v) is 12.8. The molecule has 2 N–H and O–H groups in total. The summed E-state index contributed by atoms with van der Waals surface area (Å²) in [6.45, 7) is 6.60. The molecule has 1 aromatic carbocycles. The van der Waals surface area contributed by atoms with Gasteiger partial charge in [-0.2, -0.15) is 0 Å². The maximum atomic E-state index is 13.3. The van der Waals surface area contributed by atoms with Crippen molar-refractivity contribution in [3.05, 3.63) is 65.6 Å². The number of hydrogen-bond acceptors (Lipinski definition) is 6. The Morgan fingerprint density at radius 2 is 1.74 bits per heavy atom. The van der Waals surface area contributed by atoms with Crippen molar-refractivity contribution >= 4 is 27.7 Å². The topological polar surface area (TPSA) is 122 Å². The number of benzene rings is 1. The van der Waals surface area contributed by atoms with Crippen LogP contribution in [0.1, 0.15) is 41.4 Å². The Morgan fingerprint density at radius 3 is 2.34 bits per heavy atom. The second kappa shape index (κ2) is 9.53. The quantitative estimate of drug-likeness (QED) is 0.535. The van der Waals surface area contributed by atoms with E-state index in [4.69, 9.17) is 0 Å². The van der Waals surface area contributed by atoms with E-state index in [1.165, 1.54) is 24.4 Å². The Kier molecular flexibility index (Phi) is 6.66. The molecule has 0 unspecified atom stereocenters. The lowest BCUT2D eigenvalue weighted by Gasteiger charge is -2.32. The highest BCUT2D eigenvalue weighted by Gasteiger charge is 2.26. The third-order valence-electron chi connectivity index (χ3n) is 6.29. The number of hydrogen-bond donors (Lipinski definition) is 2. The predicted molar refractivity (Wildman–Crippen MR) is 132 cm³/mol. The summed E-state index contributed by atoms with van der Waals surface area (Å²) in [6.07, 6.45) is 4.60. The number of aryl methyl sites for hydroxylation is 2. The zero-order chi connectivity index (χ0) is 25.3. The highest BCUT2D eigenvalue weighted by molar-refractivity contribution is 7.90. The molecule has 0 radical (unpaired) electrons. The molecule has 1 fully saturated rings. The summed E-state index contributed by atoms with van der Waals surface area (Å²) in [6, 6.07) is 9.59. The smallest absolute Gasteiger partial charge is 0.353 e. The van der Waals surface area contributed by atoms with Gasteiger partial charge in [-0.1, -0.05) is 17.7 Å². The molecule has 1 saturated heterocycles. The fourth-order valence-corrected chi connectivity index (χ4v) is 5.58. The molecule has 0 bridgehead atoms. The summed E-state index contributed by atoms with van der Waals surface area (Å²) in [5.74, 6) is -0.661. The first-order valence-electron chi connectivity index (χ1n) is 11.3. The van der Waals surface area contributed by atoms with Crippen molar-refractivity contribution in [2.45, 2.75) is 44.6 Å². The number of carbonyl (C=O) groups excluding carboxylic acids is 1. The zero-order valence-corrected chi connectivity index (χ0v) is 20.7. The molecule has 184 valence electrons. The molecule has 10 heteroatoms. The van der Waals surface area contributed by atoms with Crippen molar-refractivity contribution in [2.75, 3.05) is 18.4 Å². The van der Waals surface area contributed by atoms with Gasteiger partial charge in [-0.25, -0.2) is 22.2 Å². The zero-order valence-electron chi connectivity index (χ0n) is 19.9. The van der Waals surface area contributed by atoms with Crippen LogP contribution < -0.4 is 5.32 Å². The molecule has 9 nitrogen and oxygen atoms in total. The molecule has 2 aromatic heterocycles. The van der Waals surface area contributed by atoms with Crippen LogP contribution in [0.15, 0.2) is 53.7 Å². The number of pyridine rings is 1. The van der Waals surface area contributed by atoms with E-state index >= 15 is 0 Å². The minimum absolute atomic E-state index is 0.0125. The Balaban J connectivity index is 1.66. The standard InChI is InChI=1S/C25H28N4O5S/c1-16-4-6-21(7-5-16)35(33,34)29-15-19(12-23(29)25(31)32)22-13-24(26-14-17(22)2)27-20-8-10-28(11-9-20)18(3)30/h4-7,12-15,20H,8-11H2,1-3H3,(H,26,27)(H,31,32). The van der Waals surface area contributed by atoms with Gasteiger partial charge in [0.25, 0.3) is 10.0 Å². The fourth-order valence-electron chi connectivity index (χ4n) is 4.23. The monoisotopic (exact) mass is 496 g/mol. The number of likely N-dealkylation sites (tertiary alicyclic amines) is 1. The second-order valence-electron chi connectivity index (χ2n) is 8.84. The summed E-state index contributed by atoms with van der Waals surface area (Å²) in [5, 5.41) is 13.1. The van der Waals surface area contributed by atoms with Gasteiger partial charge >= 0.3 is 5.97 Å². The predicted octanol–water partition coefficient (Wildman–Crippen LogP) is 3.52. The molecule has 0 atom stereocenters. The van der Waals surface area contributed by atoms with E-state index in [0.29, 0.717) is 30.0 Å². The maximum absolute atomic E-state index is 13.3. The fraction of sp³-hybridized carbons (Fsp3) is 0.320. The van der Waals surface area contributed by atoms with Crippen LogP contribution in [0.5, 0.6) is 0 Å². The number of nitrogens with one attached hydrogen (secondary N) is 1. The van der Waals surface area contributed by atoms with Gasteiger partial charge in [-0.05, 0) is 62.1 Å². The highest BCUT2D eigenvalue weighted by atomic mass is 32.2. The molecule has 0 saturated carbocycles. The van der Waals surface area contributed by atoms with Crippen LogP contribution in [0.3, 0.4) is 0 Å². The van der Waals surface area contributed by atoms with E-state index in [1.54, 1.807) is 31.3 Å². The number of carboxylic acid groups (broad SMARTS) is 1. The third-order valence-corrected chi connectivity index (χ3v) is 7.98. The van der Waals surface area contributed by atoms with E-state index in [0.717, 1.165) is 27.9 Å². The van der Waals surface area contributed by atoms with Gasteiger partial charge in [0.15, 0.2) is 0 Å². The largest absolute Gasteiger partial charge is 0.477 e. The van der Waals surface area contributed by atoms with E-state index in [2.05, 4.69) is 10.3 Å². The van der Waals surface area contributed by atoms with Gasteiger partial charge in [-0.15, -0.1) is 0 Å². The number of carboxylic acids is 1. The van der Waals surface area contributed by atoms with Crippen LogP contribution in [0.2, 0.25) is 0 Å². The van der Waals surface area contributed by atoms with Gasteiger partial charge in [0.1, 0.15) is 11.5 Å². The van der Waals surface area contributed by atoms with Gasteiger partial charge in [0.2, 0.25) is 5.91 Å². The van der Waals surface area contributed by atoms with Crippen molar-refractivity contribution < 1.29 is 23.1 Å². The Morgan fingerprint density at radius 1 is 1.09 bits per heavy atom. The molecule has 0 spiro atoms. The molecule has 35 heavy (non-hydrogen) atoms. The minimum Gasteiger partial charge on any atom is -0.477 e. The van der Waals surface area contributed by atoms with Crippen molar-refractivity contribution in [3.8, 4) is 11.1 Å². The summed E-state index contributed by atoms with van der Waals surface area (Å²) in [4.78, 5) is 29.8. The SMILES string of the molecule is CC(=O)N1CCC(Nc2cc(-c3cc(C(=O)O)n(S(=O)(=O)c4ccc(C)cc4)c3)c(C)cn2)CC1. The summed E-state index contributed by atoms with van der Waals surface area (Å²) in [7, 11) is -4.10. The van der Waals surface area contributed by atoms with Gasteiger partial charge in [0, 0.05) is 44.0 Å². The number of anilines is 1. The maximum Gasteiger partial charge on any atom is 0.353 e. The second-order valence-corrected chi connectivity index (χ2v) is 10.7. The number of amides is 1. The minimum atomic E-state index is -4.10. The summed E-state index contributed by atoms with van der Waals surface area (Å²) < 4.78 is 27.3. The lowest BCUT2D eigenvalue weighted by atomic mass is 10.0. The lowest BCUT2D eigenvalue weighted by Crippen LogP contribution is -2.41. The number of nitrogens with zero attached hydrogens (tertiary/aromatic N) is 3. The average molecular weight is 497 g/mol. The normalized spacial score (nSPS) is 14.7. The van der Waals surface area contributed by atoms with Crippen molar-refractivity contribution in [1.29, 1.82) is 0 Å². The van der Waals surface area contributed by atoms with E-state index in [1.807, 2.05) is 18.7 Å². The van der Waals surface area contributed by atoms with Gasteiger partial charge in [-0.3, -0.25) is 4.79 Å². The summed E-state index contributed by atoms with van der Waals surface area (Å²) in [5.41, 5.74) is 2.48. The highest BCUT2D eigenvalue weighted by Crippen LogP contribution is 2.30. The van der Waals surface area contributed by atoms with Crippen molar-refractivity contribution in [1.82, 2.24) is 13.9 Å². The molecule has 3 heterocycles. The molecule has 1 amide bonds. The van der Waals surface area contributed by atoms with E-state index < -0.39 is 16.0 Å². The van der Waals surface area contributed by atoms with E-state index in [-0.39, 0.29) is 22.5 Å². The molecular formula is C25H28N4O5S. The van der Waals surface area contributed by atoms with Crippen LogP contribution in [0, 0.1) is 13.8 Å². The number of piperidine rings is 1. The number of aromatic nitrogens is 2. The third kappa shape index (κ3) is 5.07.